The van der Waals surface area contributed by atoms with Gasteiger partial charge in [0.15, 0.2) is 0 Å². The summed E-state index contributed by atoms with van der Waals surface area (Å²) in [5.74, 6) is -2.36. The number of hydrogen-bond donors (Lipinski definition) is 2. The van der Waals surface area contributed by atoms with Crippen molar-refractivity contribution in [2.24, 2.45) is 5.41 Å². The first-order valence-electron chi connectivity index (χ1n) is 14.3. The van der Waals surface area contributed by atoms with Crippen LogP contribution in [0, 0.1) is 5.41 Å². The van der Waals surface area contributed by atoms with E-state index in [1.807, 2.05) is 72.8 Å². The molecule has 2 N–H and O–H groups in total. The lowest BCUT2D eigenvalue weighted by Crippen LogP contribution is -2.53. The van der Waals surface area contributed by atoms with Gasteiger partial charge in [0.1, 0.15) is 12.6 Å². The van der Waals surface area contributed by atoms with Gasteiger partial charge in [-0.1, -0.05) is 72.8 Å². The zero-order valence-corrected chi connectivity index (χ0v) is 25.5. The minimum Gasteiger partial charge on any atom is -0.480 e. The molecule has 3 atom stereocenters. The molecule has 1 aliphatic heterocycles. The van der Waals surface area contributed by atoms with Gasteiger partial charge in [-0.25, -0.2) is 0 Å². The second kappa shape index (κ2) is 14.5. The first-order valence-corrected chi connectivity index (χ1v) is 15.3. The van der Waals surface area contributed by atoms with Crippen molar-refractivity contribution in [3.8, 4) is 0 Å². The van der Waals surface area contributed by atoms with Gasteiger partial charge in [0.2, 0.25) is 12.7 Å². The van der Waals surface area contributed by atoms with Crippen LogP contribution in [-0.4, -0.2) is 71.5 Å². The predicted octanol–water partition coefficient (Wildman–Crippen LogP) is 4.59. The summed E-state index contributed by atoms with van der Waals surface area (Å²) in [5, 5.41) is 14.7. The molecule has 228 valence electrons. The van der Waals surface area contributed by atoms with E-state index in [2.05, 4.69) is 5.32 Å². The van der Waals surface area contributed by atoms with Crippen LogP contribution in [0.1, 0.15) is 43.6 Å². The number of esters is 2. The summed E-state index contributed by atoms with van der Waals surface area (Å²) >= 11 is 1.55. The molecule has 4 rings (SSSR count). The van der Waals surface area contributed by atoms with Gasteiger partial charge in [0.25, 0.3) is 0 Å². The maximum atomic E-state index is 13.7. The molecule has 1 heterocycles. The fraction of sp³-hybridized carbons (Fsp3) is 0.394. The van der Waals surface area contributed by atoms with E-state index in [-0.39, 0.29) is 11.8 Å². The Morgan fingerprint density at radius 1 is 1.00 bits per heavy atom. The van der Waals surface area contributed by atoms with Gasteiger partial charge >= 0.3 is 17.9 Å². The van der Waals surface area contributed by atoms with Gasteiger partial charge in [-0.2, -0.15) is 0 Å². The lowest BCUT2D eigenvalue weighted by molar-refractivity contribution is -0.174. The van der Waals surface area contributed by atoms with E-state index in [4.69, 9.17) is 9.47 Å². The lowest BCUT2D eigenvalue weighted by atomic mass is 9.98. The van der Waals surface area contributed by atoms with Gasteiger partial charge in [-0.15, -0.1) is 11.8 Å². The lowest BCUT2D eigenvalue weighted by Gasteiger charge is -2.27. The van der Waals surface area contributed by atoms with Crippen LogP contribution in [0.3, 0.4) is 0 Å². The monoisotopic (exact) mass is 606 g/mol. The van der Waals surface area contributed by atoms with Gasteiger partial charge < -0.3 is 19.5 Å². The maximum absolute atomic E-state index is 13.7. The topological polar surface area (TPSA) is 122 Å². The Balaban J connectivity index is 1.54. The maximum Gasteiger partial charge on any atom is 0.326 e. The van der Waals surface area contributed by atoms with E-state index >= 15 is 0 Å². The number of carboxylic acid groups (broad SMARTS) is 1. The predicted molar refractivity (Wildman–Crippen MR) is 165 cm³/mol. The number of amides is 1. The second-order valence-electron chi connectivity index (χ2n) is 11.6. The molecule has 43 heavy (non-hydrogen) atoms. The van der Waals surface area contributed by atoms with Crippen molar-refractivity contribution in [2.45, 2.75) is 50.9 Å². The number of aryl methyl sites for hydroxylation is 1. The third-order valence-electron chi connectivity index (χ3n) is 7.21. The number of nitrogens with zero attached hydrogens (tertiary/aromatic N) is 1. The summed E-state index contributed by atoms with van der Waals surface area (Å²) in [6.07, 6.45) is 0.844. The van der Waals surface area contributed by atoms with E-state index in [0.29, 0.717) is 18.6 Å². The number of carbonyl (C=O) groups is 4. The zero-order chi connectivity index (χ0) is 31.0. The molecule has 0 spiro atoms. The van der Waals surface area contributed by atoms with Crippen LogP contribution < -0.4 is 5.32 Å². The van der Waals surface area contributed by atoms with Crippen LogP contribution in [0.25, 0.3) is 10.8 Å². The van der Waals surface area contributed by atoms with Crippen molar-refractivity contribution in [1.29, 1.82) is 0 Å². The average molecular weight is 607 g/mol. The molecule has 0 aromatic heterocycles. The smallest absolute Gasteiger partial charge is 0.326 e. The highest BCUT2D eigenvalue weighted by molar-refractivity contribution is 7.99. The largest absolute Gasteiger partial charge is 0.480 e. The summed E-state index contributed by atoms with van der Waals surface area (Å²) < 4.78 is 10.5. The Morgan fingerprint density at radius 2 is 1.70 bits per heavy atom. The number of thioether (sulfide) groups is 1. The van der Waals surface area contributed by atoms with E-state index in [1.54, 1.807) is 32.5 Å². The minimum atomic E-state index is -1.11. The van der Waals surface area contributed by atoms with Gasteiger partial charge in [-0.05, 0) is 55.5 Å². The molecule has 1 amide bonds. The molecule has 1 aliphatic rings. The number of carboxylic acids is 1. The van der Waals surface area contributed by atoms with Crippen molar-refractivity contribution in [3.63, 3.8) is 0 Å². The molecule has 0 bridgehead atoms. The SMILES string of the molecule is CC(C)(C)C(=O)OCOC(=O)C(CCc1ccccc1)NC1CSC(c2cccc3ccccc23)CN(CC(=O)O)C1=O. The normalized spacial score (nSPS) is 18.1. The molecule has 10 heteroatoms. The highest BCUT2D eigenvalue weighted by Gasteiger charge is 2.36. The number of nitrogens with one attached hydrogen (secondary N) is 1. The highest BCUT2D eigenvalue weighted by Crippen LogP contribution is 2.37. The fourth-order valence-corrected chi connectivity index (χ4v) is 6.25. The van der Waals surface area contributed by atoms with Crippen molar-refractivity contribution < 1.29 is 33.8 Å². The van der Waals surface area contributed by atoms with E-state index in [9.17, 15) is 24.3 Å². The van der Waals surface area contributed by atoms with E-state index in [0.717, 1.165) is 21.9 Å². The number of ether oxygens (including phenoxy) is 2. The van der Waals surface area contributed by atoms with Crippen LogP contribution in [-0.2, 0) is 35.1 Å². The molecule has 9 nitrogen and oxygen atoms in total. The molecule has 3 aromatic carbocycles. The summed E-state index contributed by atoms with van der Waals surface area (Å²) in [5.41, 5.74) is 1.27. The van der Waals surface area contributed by atoms with E-state index in [1.165, 1.54) is 4.90 Å². The Labute approximate surface area is 255 Å². The van der Waals surface area contributed by atoms with Crippen LogP contribution in [0.4, 0.5) is 0 Å². The van der Waals surface area contributed by atoms with Gasteiger partial charge in [0.05, 0.1) is 11.5 Å². The molecular formula is C33H38N2O7S. The number of aliphatic carboxylic acids is 1. The van der Waals surface area contributed by atoms with Crippen LogP contribution >= 0.6 is 11.8 Å². The van der Waals surface area contributed by atoms with E-state index < -0.39 is 54.7 Å². The molecule has 0 radical (unpaired) electrons. The Bertz CT molecular complexity index is 1430. The molecule has 1 fully saturated rings. The Morgan fingerprint density at radius 3 is 2.42 bits per heavy atom. The van der Waals surface area contributed by atoms with Crippen molar-refractivity contribution in [1.82, 2.24) is 10.2 Å². The Kier molecular flexibility index (Phi) is 10.8. The minimum absolute atomic E-state index is 0.173. The van der Waals surface area contributed by atoms with Crippen LogP contribution in [0.2, 0.25) is 0 Å². The number of benzene rings is 3. The van der Waals surface area contributed by atoms with Crippen molar-refractivity contribution in [2.75, 3.05) is 25.6 Å². The number of rotatable bonds is 11. The number of fused-ring (bicyclic) bond motifs is 1. The summed E-state index contributed by atoms with van der Waals surface area (Å²) in [4.78, 5) is 52.3. The molecule has 3 aromatic rings. The first-order chi connectivity index (χ1) is 20.5. The molecule has 3 unspecified atom stereocenters. The van der Waals surface area contributed by atoms with Crippen LogP contribution in [0.15, 0.2) is 72.8 Å². The average Bonchev–Trinajstić information content (AvgIpc) is 3.12. The summed E-state index contributed by atoms with van der Waals surface area (Å²) in [6.45, 7) is 4.31. The van der Waals surface area contributed by atoms with Crippen LogP contribution in [0.5, 0.6) is 0 Å². The van der Waals surface area contributed by atoms with Crippen molar-refractivity contribution >= 4 is 46.3 Å². The first kappa shape index (κ1) is 32.0. The highest BCUT2D eigenvalue weighted by atomic mass is 32.2. The molecule has 0 saturated carbocycles. The standard InChI is InChI=1S/C33H38N2O7S/c1-33(2,3)32(40)42-21-41-31(39)26(17-16-22-10-5-4-6-11-22)34-27-20-43-28(18-35(30(27)38)19-29(36)37)25-15-9-13-23-12-7-8-14-24(23)25/h4-15,26-28,34H,16-21H2,1-3H3,(H,36,37). The Hall–Kier alpha value is -3.89. The molecule has 0 aliphatic carbocycles. The second-order valence-corrected chi connectivity index (χ2v) is 12.8. The van der Waals surface area contributed by atoms with Gasteiger partial charge in [0, 0.05) is 17.5 Å². The number of carbonyl (C=O) groups excluding carboxylic acids is 3. The zero-order valence-electron chi connectivity index (χ0n) is 24.7. The summed E-state index contributed by atoms with van der Waals surface area (Å²) in [7, 11) is 0. The number of hydrogen-bond acceptors (Lipinski definition) is 8. The fourth-order valence-electron chi connectivity index (χ4n) is 4.92. The third kappa shape index (κ3) is 8.81. The van der Waals surface area contributed by atoms with Crippen molar-refractivity contribution in [3.05, 3.63) is 83.9 Å². The molecular weight excluding hydrogens is 568 g/mol. The molecule has 1 saturated heterocycles. The summed E-state index contributed by atoms with van der Waals surface area (Å²) in [6, 6.07) is 21.8. The third-order valence-corrected chi connectivity index (χ3v) is 8.54. The quantitative estimate of drug-likeness (QED) is 0.238. The van der Waals surface area contributed by atoms with Gasteiger partial charge in [-0.3, -0.25) is 24.5 Å².